The van der Waals surface area contributed by atoms with Gasteiger partial charge in [0.2, 0.25) is 0 Å². The number of ketones is 1. The lowest BCUT2D eigenvalue weighted by Crippen LogP contribution is -2.41. The lowest BCUT2D eigenvalue weighted by Gasteiger charge is -2.23. The Morgan fingerprint density at radius 1 is 1.24 bits per heavy atom. The van der Waals surface area contributed by atoms with Gasteiger partial charge in [0, 0.05) is 15.5 Å². The Hall–Kier alpha value is -2.18. The zero-order chi connectivity index (χ0) is 18.2. The summed E-state index contributed by atoms with van der Waals surface area (Å²) in [6, 6.07) is 9.88. The first-order valence-electron chi connectivity index (χ1n) is 7.88. The van der Waals surface area contributed by atoms with Crippen LogP contribution in [-0.2, 0) is 16.8 Å². The topological polar surface area (TPSA) is 66.5 Å². The fourth-order valence-electron chi connectivity index (χ4n) is 2.83. The number of nitrogens with one attached hydrogen (secondary N) is 1. The molecule has 1 aliphatic rings. The highest BCUT2D eigenvalue weighted by molar-refractivity contribution is 7.14. The van der Waals surface area contributed by atoms with E-state index in [2.05, 4.69) is 5.32 Å². The van der Waals surface area contributed by atoms with Crippen LogP contribution in [-0.4, -0.2) is 29.2 Å². The maximum atomic E-state index is 12.9. The van der Waals surface area contributed by atoms with E-state index in [1.807, 2.05) is 13.0 Å². The molecular formula is C18H17ClN2O3S. The van der Waals surface area contributed by atoms with Gasteiger partial charge in [-0.05, 0) is 31.5 Å². The van der Waals surface area contributed by atoms with Crippen molar-refractivity contribution < 1.29 is 14.4 Å². The fourth-order valence-corrected chi connectivity index (χ4v) is 4.03. The second kappa shape index (κ2) is 6.61. The summed E-state index contributed by atoms with van der Waals surface area (Å²) in [7, 11) is 0. The third-order valence-electron chi connectivity index (χ3n) is 4.27. The van der Waals surface area contributed by atoms with Crippen molar-refractivity contribution >= 4 is 40.7 Å². The summed E-state index contributed by atoms with van der Waals surface area (Å²) in [6.07, 6.45) is 0.839. The van der Waals surface area contributed by atoms with Gasteiger partial charge in [-0.1, -0.05) is 36.7 Å². The largest absolute Gasteiger partial charge is 0.325 e. The lowest BCUT2D eigenvalue weighted by atomic mass is 9.92. The van der Waals surface area contributed by atoms with Gasteiger partial charge in [-0.15, -0.1) is 11.3 Å². The second-order valence-corrected chi connectivity index (χ2v) is 7.54. The normalized spacial score (nSPS) is 20.0. The number of carbonyl (C=O) groups excluding carboxylic acids is 3. The lowest BCUT2D eigenvalue weighted by molar-refractivity contribution is -0.130. The Kier molecular flexibility index (Phi) is 4.67. The summed E-state index contributed by atoms with van der Waals surface area (Å²) in [5, 5.41) is 3.05. The van der Waals surface area contributed by atoms with Crippen LogP contribution in [0.5, 0.6) is 0 Å². The molecule has 1 aromatic carbocycles. The predicted molar refractivity (Wildman–Crippen MR) is 97.1 cm³/mol. The van der Waals surface area contributed by atoms with Crippen molar-refractivity contribution in [2.75, 3.05) is 6.54 Å². The molecule has 0 unspecified atom stereocenters. The molecule has 7 heteroatoms. The highest BCUT2D eigenvalue weighted by atomic mass is 35.5. The number of imide groups is 1. The molecule has 0 saturated carbocycles. The molecule has 0 bridgehead atoms. The fraction of sp³-hybridized carbons (Fsp3) is 0.278. The minimum atomic E-state index is -1.28. The molecule has 1 atom stereocenters. The van der Waals surface area contributed by atoms with Crippen LogP contribution in [0, 0.1) is 0 Å². The molecule has 3 amide bonds. The molecule has 0 spiro atoms. The zero-order valence-corrected chi connectivity index (χ0v) is 15.4. The van der Waals surface area contributed by atoms with E-state index < -0.39 is 17.5 Å². The standard InChI is InChI=1S/C18H17ClN2O3S/c1-3-11-8-9-15(25-11)14(22)10-21-16(23)18(2,20-17(21)24)12-6-4-5-7-13(12)19/h4-9H,3,10H2,1-2H3,(H,20,24)/t18-/m0/s1. The second-order valence-electron chi connectivity index (χ2n) is 5.97. The van der Waals surface area contributed by atoms with Gasteiger partial charge in [-0.3, -0.25) is 14.5 Å². The van der Waals surface area contributed by atoms with Crippen LogP contribution >= 0.6 is 22.9 Å². The third kappa shape index (κ3) is 3.07. The molecule has 2 heterocycles. The van der Waals surface area contributed by atoms with E-state index in [0.29, 0.717) is 15.5 Å². The van der Waals surface area contributed by atoms with E-state index in [0.717, 1.165) is 16.2 Å². The number of benzene rings is 1. The average molecular weight is 377 g/mol. The molecule has 1 fully saturated rings. The number of aryl methyl sites for hydroxylation is 1. The molecule has 3 rings (SSSR count). The number of halogens is 1. The van der Waals surface area contributed by atoms with Crippen molar-refractivity contribution in [3.8, 4) is 0 Å². The molecule has 1 N–H and O–H groups in total. The van der Waals surface area contributed by atoms with Gasteiger partial charge < -0.3 is 5.32 Å². The molecule has 1 saturated heterocycles. The smallest absolute Gasteiger partial charge is 0.319 e. The summed E-state index contributed by atoms with van der Waals surface area (Å²) in [5.74, 6) is -0.733. The molecule has 25 heavy (non-hydrogen) atoms. The van der Waals surface area contributed by atoms with Crippen LogP contribution in [0.3, 0.4) is 0 Å². The first-order chi connectivity index (χ1) is 11.9. The number of Topliss-reactive ketones (excluding diaryl/α,β-unsaturated/α-hetero) is 1. The van der Waals surface area contributed by atoms with E-state index in [4.69, 9.17) is 11.6 Å². The first-order valence-corrected chi connectivity index (χ1v) is 9.07. The van der Waals surface area contributed by atoms with Gasteiger partial charge in [0.15, 0.2) is 5.78 Å². The Labute approximate surface area is 154 Å². The molecule has 130 valence electrons. The van der Waals surface area contributed by atoms with Crippen molar-refractivity contribution in [3.05, 3.63) is 56.7 Å². The highest BCUT2D eigenvalue weighted by Gasteiger charge is 2.50. The van der Waals surface area contributed by atoms with Crippen LogP contribution in [0.2, 0.25) is 5.02 Å². The summed E-state index contributed by atoms with van der Waals surface area (Å²) in [5.41, 5.74) is -0.769. The molecule has 1 aromatic heterocycles. The van der Waals surface area contributed by atoms with Crippen LogP contribution in [0.4, 0.5) is 4.79 Å². The number of hydrogen-bond donors (Lipinski definition) is 1. The van der Waals surface area contributed by atoms with E-state index in [1.54, 1.807) is 37.3 Å². The van der Waals surface area contributed by atoms with Crippen molar-refractivity contribution in [2.24, 2.45) is 0 Å². The Bertz CT molecular complexity index is 864. The molecular weight excluding hydrogens is 360 g/mol. The van der Waals surface area contributed by atoms with Gasteiger partial charge in [0.05, 0.1) is 11.4 Å². The molecule has 0 radical (unpaired) electrons. The number of carbonyl (C=O) groups is 3. The SMILES string of the molecule is CCc1ccc(C(=O)CN2C(=O)N[C@@](C)(c3ccccc3Cl)C2=O)s1. The van der Waals surface area contributed by atoms with Crippen molar-refractivity contribution in [3.63, 3.8) is 0 Å². The van der Waals surface area contributed by atoms with Crippen molar-refractivity contribution in [1.82, 2.24) is 10.2 Å². The van der Waals surface area contributed by atoms with Gasteiger partial charge in [0.1, 0.15) is 5.54 Å². The maximum absolute atomic E-state index is 12.9. The van der Waals surface area contributed by atoms with E-state index in [1.165, 1.54) is 11.3 Å². The van der Waals surface area contributed by atoms with Crippen LogP contribution in [0.1, 0.15) is 34.0 Å². The van der Waals surface area contributed by atoms with Crippen LogP contribution in [0.25, 0.3) is 0 Å². The predicted octanol–water partition coefficient (Wildman–Crippen LogP) is 3.61. The summed E-state index contributed by atoms with van der Waals surface area (Å²) < 4.78 is 0. The Morgan fingerprint density at radius 2 is 1.96 bits per heavy atom. The van der Waals surface area contributed by atoms with E-state index in [9.17, 15) is 14.4 Å². The number of rotatable bonds is 5. The minimum absolute atomic E-state index is 0.253. The summed E-state index contributed by atoms with van der Waals surface area (Å²) in [4.78, 5) is 40.2. The van der Waals surface area contributed by atoms with Gasteiger partial charge >= 0.3 is 6.03 Å². The Balaban J connectivity index is 1.84. The molecule has 1 aliphatic heterocycles. The molecule has 2 aromatic rings. The van der Waals surface area contributed by atoms with Crippen molar-refractivity contribution in [1.29, 1.82) is 0 Å². The minimum Gasteiger partial charge on any atom is -0.319 e. The van der Waals surface area contributed by atoms with Crippen molar-refractivity contribution in [2.45, 2.75) is 25.8 Å². The third-order valence-corrected chi connectivity index (χ3v) is 5.87. The Morgan fingerprint density at radius 3 is 2.60 bits per heavy atom. The summed E-state index contributed by atoms with van der Waals surface area (Å²) >= 11 is 7.57. The van der Waals surface area contributed by atoms with Crippen LogP contribution < -0.4 is 5.32 Å². The molecule has 0 aliphatic carbocycles. The number of amides is 3. The number of thiophene rings is 1. The monoisotopic (exact) mass is 376 g/mol. The highest BCUT2D eigenvalue weighted by Crippen LogP contribution is 2.33. The van der Waals surface area contributed by atoms with E-state index in [-0.39, 0.29) is 12.3 Å². The van der Waals surface area contributed by atoms with Gasteiger partial charge in [0.25, 0.3) is 5.91 Å². The number of nitrogens with zero attached hydrogens (tertiary/aromatic N) is 1. The van der Waals surface area contributed by atoms with Gasteiger partial charge in [-0.2, -0.15) is 0 Å². The van der Waals surface area contributed by atoms with Crippen LogP contribution in [0.15, 0.2) is 36.4 Å². The quantitative estimate of drug-likeness (QED) is 0.640. The average Bonchev–Trinajstić information content (AvgIpc) is 3.15. The molecule has 5 nitrogen and oxygen atoms in total. The van der Waals surface area contributed by atoms with Gasteiger partial charge in [-0.25, -0.2) is 4.79 Å². The zero-order valence-electron chi connectivity index (χ0n) is 13.8. The number of urea groups is 1. The first kappa shape index (κ1) is 17.6. The summed E-state index contributed by atoms with van der Waals surface area (Å²) in [6.45, 7) is 3.32. The maximum Gasteiger partial charge on any atom is 0.325 e. The number of hydrogen-bond acceptors (Lipinski definition) is 4. The van der Waals surface area contributed by atoms with E-state index >= 15 is 0 Å².